The lowest BCUT2D eigenvalue weighted by molar-refractivity contribution is -0.151. The molecule has 1 N–H and O–H groups in total. The van der Waals surface area contributed by atoms with Gasteiger partial charge in [0.2, 0.25) is 0 Å². The standard InChI is InChI=1S/C7H12O3/c1-5(2)4-10-7(9)6(3)8/h6,8H,1,4H2,2-3H3. The van der Waals surface area contributed by atoms with E-state index in [0.29, 0.717) is 0 Å². The van der Waals surface area contributed by atoms with E-state index >= 15 is 0 Å². The first-order valence-corrected chi connectivity index (χ1v) is 3.03. The Kier molecular flexibility index (Phi) is 3.72. The normalized spacial score (nSPS) is 12.3. The van der Waals surface area contributed by atoms with Gasteiger partial charge in [0.25, 0.3) is 0 Å². The second-order valence-corrected chi connectivity index (χ2v) is 2.24. The van der Waals surface area contributed by atoms with Gasteiger partial charge >= 0.3 is 5.97 Å². The van der Waals surface area contributed by atoms with Crippen LogP contribution in [-0.2, 0) is 9.53 Å². The molecule has 0 aromatic heterocycles. The van der Waals surface area contributed by atoms with Crippen LogP contribution in [0.15, 0.2) is 12.2 Å². The number of esters is 1. The zero-order valence-electron chi connectivity index (χ0n) is 6.26. The molecule has 0 bridgehead atoms. The van der Waals surface area contributed by atoms with E-state index in [-0.39, 0.29) is 6.61 Å². The predicted molar refractivity (Wildman–Crippen MR) is 37.5 cm³/mol. The van der Waals surface area contributed by atoms with E-state index in [4.69, 9.17) is 5.11 Å². The summed E-state index contributed by atoms with van der Waals surface area (Å²) in [6.07, 6.45) is -1.04. The Morgan fingerprint density at radius 3 is 2.60 bits per heavy atom. The lowest BCUT2D eigenvalue weighted by atomic mass is 10.4. The lowest BCUT2D eigenvalue weighted by Crippen LogP contribution is -2.19. The molecule has 58 valence electrons. The molecule has 1 atom stereocenters. The minimum Gasteiger partial charge on any atom is -0.459 e. The van der Waals surface area contributed by atoms with Gasteiger partial charge in [-0.3, -0.25) is 0 Å². The third-order valence-electron chi connectivity index (χ3n) is 0.802. The third kappa shape index (κ3) is 4.09. The van der Waals surface area contributed by atoms with Gasteiger partial charge in [-0.05, 0) is 19.4 Å². The molecule has 0 fully saturated rings. The molecule has 3 nitrogen and oxygen atoms in total. The number of carbonyl (C=O) groups is 1. The van der Waals surface area contributed by atoms with Crippen LogP contribution in [-0.4, -0.2) is 23.8 Å². The second-order valence-electron chi connectivity index (χ2n) is 2.24. The van der Waals surface area contributed by atoms with Gasteiger partial charge in [0.1, 0.15) is 12.7 Å². The minimum absolute atomic E-state index is 0.184. The van der Waals surface area contributed by atoms with Crippen molar-refractivity contribution in [2.45, 2.75) is 20.0 Å². The Labute approximate surface area is 60.3 Å². The number of aliphatic hydroxyl groups is 1. The summed E-state index contributed by atoms with van der Waals surface area (Å²) in [5.74, 6) is -0.608. The van der Waals surface area contributed by atoms with Crippen LogP contribution in [0.25, 0.3) is 0 Å². The fraction of sp³-hybridized carbons (Fsp3) is 0.571. The maximum Gasteiger partial charge on any atom is 0.334 e. The molecule has 0 aromatic carbocycles. The summed E-state index contributed by atoms with van der Waals surface area (Å²) in [5, 5.41) is 8.63. The minimum atomic E-state index is -1.04. The maximum atomic E-state index is 10.5. The molecular weight excluding hydrogens is 132 g/mol. The predicted octanol–water partition coefficient (Wildman–Crippen LogP) is 0.486. The van der Waals surface area contributed by atoms with Crippen molar-refractivity contribution in [2.24, 2.45) is 0 Å². The van der Waals surface area contributed by atoms with Gasteiger partial charge < -0.3 is 9.84 Å². The van der Waals surface area contributed by atoms with E-state index in [1.54, 1.807) is 6.92 Å². The number of ether oxygens (including phenoxy) is 1. The van der Waals surface area contributed by atoms with E-state index in [9.17, 15) is 4.79 Å². The van der Waals surface area contributed by atoms with E-state index in [1.807, 2.05) is 0 Å². The van der Waals surface area contributed by atoms with Gasteiger partial charge in [-0.25, -0.2) is 4.79 Å². The highest BCUT2D eigenvalue weighted by atomic mass is 16.5. The zero-order chi connectivity index (χ0) is 8.15. The Morgan fingerprint density at radius 1 is 1.80 bits per heavy atom. The third-order valence-corrected chi connectivity index (χ3v) is 0.802. The van der Waals surface area contributed by atoms with Gasteiger partial charge in [-0.2, -0.15) is 0 Å². The number of hydrogen-bond donors (Lipinski definition) is 1. The van der Waals surface area contributed by atoms with Gasteiger partial charge in [-0.1, -0.05) is 6.58 Å². The molecule has 0 aliphatic rings. The van der Waals surface area contributed by atoms with Crippen molar-refractivity contribution >= 4 is 5.97 Å². The van der Waals surface area contributed by atoms with Crippen LogP contribution < -0.4 is 0 Å². The molecule has 0 aliphatic heterocycles. The molecule has 0 spiro atoms. The van der Waals surface area contributed by atoms with Crippen LogP contribution in [0.4, 0.5) is 0 Å². The average molecular weight is 144 g/mol. The quantitative estimate of drug-likeness (QED) is 0.463. The molecular formula is C7H12O3. The molecule has 0 amide bonds. The van der Waals surface area contributed by atoms with Crippen molar-refractivity contribution < 1.29 is 14.6 Å². The van der Waals surface area contributed by atoms with Crippen molar-refractivity contribution in [3.8, 4) is 0 Å². The highest BCUT2D eigenvalue weighted by Crippen LogP contribution is 1.91. The van der Waals surface area contributed by atoms with Crippen molar-refractivity contribution in [1.29, 1.82) is 0 Å². The first-order valence-electron chi connectivity index (χ1n) is 3.03. The summed E-state index contributed by atoms with van der Waals surface area (Å²) >= 11 is 0. The van der Waals surface area contributed by atoms with Crippen molar-refractivity contribution in [3.05, 3.63) is 12.2 Å². The molecule has 0 aliphatic carbocycles. The average Bonchev–Trinajstić information content (AvgIpc) is 1.82. The molecule has 3 heteroatoms. The second kappa shape index (κ2) is 4.06. The van der Waals surface area contributed by atoms with E-state index in [1.165, 1.54) is 6.92 Å². The largest absolute Gasteiger partial charge is 0.459 e. The number of rotatable bonds is 3. The molecule has 0 saturated heterocycles. The fourth-order valence-corrected chi connectivity index (χ4v) is 0.315. The monoisotopic (exact) mass is 144 g/mol. The summed E-state index contributed by atoms with van der Waals surface area (Å²) < 4.78 is 4.58. The number of aliphatic hydroxyl groups excluding tert-OH is 1. The van der Waals surface area contributed by atoms with E-state index in [2.05, 4.69) is 11.3 Å². The summed E-state index contributed by atoms with van der Waals surface area (Å²) in [6.45, 7) is 6.82. The molecule has 0 saturated carbocycles. The molecule has 0 rings (SSSR count). The molecule has 0 radical (unpaired) electrons. The molecule has 0 heterocycles. The first kappa shape index (κ1) is 9.17. The van der Waals surface area contributed by atoms with Gasteiger partial charge in [-0.15, -0.1) is 0 Å². The zero-order valence-corrected chi connectivity index (χ0v) is 6.26. The number of hydrogen-bond acceptors (Lipinski definition) is 3. The van der Waals surface area contributed by atoms with E-state index in [0.717, 1.165) is 5.57 Å². The van der Waals surface area contributed by atoms with Crippen LogP contribution in [0.5, 0.6) is 0 Å². The Morgan fingerprint density at radius 2 is 2.30 bits per heavy atom. The molecule has 10 heavy (non-hydrogen) atoms. The van der Waals surface area contributed by atoms with Crippen LogP contribution in [0.1, 0.15) is 13.8 Å². The summed E-state index contributed by atoms with van der Waals surface area (Å²) in [4.78, 5) is 10.5. The molecule has 1 unspecified atom stereocenters. The highest BCUT2D eigenvalue weighted by molar-refractivity contribution is 5.73. The van der Waals surface area contributed by atoms with Gasteiger partial charge in [0.15, 0.2) is 0 Å². The van der Waals surface area contributed by atoms with Crippen LogP contribution >= 0.6 is 0 Å². The topological polar surface area (TPSA) is 46.5 Å². The molecule has 0 aromatic rings. The van der Waals surface area contributed by atoms with Gasteiger partial charge in [0, 0.05) is 0 Å². The Balaban J connectivity index is 3.50. The Bertz CT molecular complexity index is 138. The Hall–Kier alpha value is -0.830. The van der Waals surface area contributed by atoms with Crippen LogP contribution in [0.2, 0.25) is 0 Å². The van der Waals surface area contributed by atoms with Gasteiger partial charge in [0.05, 0.1) is 0 Å². The van der Waals surface area contributed by atoms with Crippen molar-refractivity contribution in [3.63, 3.8) is 0 Å². The fourth-order valence-electron chi connectivity index (χ4n) is 0.315. The van der Waals surface area contributed by atoms with Crippen LogP contribution in [0, 0.1) is 0 Å². The SMILES string of the molecule is C=C(C)COC(=O)C(C)O. The summed E-state index contributed by atoms with van der Waals surface area (Å²) in [7, 11) is 0. The van der Waals surface area contributed by atoms with Crippen molar-refractivity contribution in [2.75, 3.05) is 6.61 Å². The maximum absolute atomic E-state index is 10.5. The van der Waals surface area contributed by atoms with Crippen molar-refractivity contribution in [1.82, 2.24) is 0 Å². The number of carbonyl (C=O) groups excluding carboxylic acids is 1. The lowest BCUT2D eigenvalue weighted by Gasteiger charge is -2.04. The smallest absolute Gasteiger partial charge is 0.334 e. The first-order chi connectivity index (χ1) is 4.54. The summed E-state index contributed by atoms with van der Waals surface area (Å²) in [5.41, 5.74) is 0.758. The van der Waals surface area contributed by atoms with Crippen LogP contribution in [0.3, 0.4) is 0 Å². The summed E-state index contributed by atoms with van der Waals surface area (Å²) in [6, 6.07) is 0. The highest BCUT2D eigenvalue weighted by Gasteiger charge is 2.08. The van der Waals surface area contributed by atoms with E-state index < -0.39 is 12.1 Å².